The molecule has 1 aliphatic rings. The smallest absolute Gasteiger partial charge is 0.0208 e. The van der Waals surface area contributed by atoms with E-state index in [1.165, 1.54) is 29.5 Å². The molecule has 1 saturated carbocycles. The quantitative estimate of drug-likeness (QED) is 0.744. The van der Waals surface area contributed by atoms with Gasteiger partial charge in [-0.05, 0) is 32.3 Å². The van der Waals surface area contributed by atoms with Crippen LogP contribution >= 0.6 is 0 Å². The molecule has 1 heteroatoms. The Morgan fingerprint density at radius 2 is 1.77 bits per heavy atom. The highest BCUT2D eigenvalue weighted by Crippen LogP contribution is 2.19. The molecule has 1 aliphatic carbocycles. The molecule has 0 bridgehead atoms. The van der Waals surface area contributed by atoms with Gasteiger partial charge < -0.3 is 5.32 Å². The Hall–Kier alpha value is -0.820. The van der Waals surface area contributed by atoms with E-state index >= 15 is 0 Å². The first kappa shape index (κ1) is 8.76. The second-order valence-electron chi connectivity index (χ2n) is 4.15. The molecule has 1 aromatic rings. The standard InChI is InChI=1S/C12H17N/c1-9-5-10(2)7-11(6-9)8-13-12-3-4-12/h5-7,12-13H,3-4,8H2,1-2H3. The third kappa shape index (κ3) is 2.56. The lowest BCUT2D eigenvalue weighted by atomic mass is 10.1. The average Bonchev–Trinajstić information content (AvgIpc) is 2.81. The fraction of sp³-hybridized carbons (Fsp3) is 0.500. The number of benzene rings is 1. The van der Waals surface area contributed by atoms with Crippen molar-refractivity contribution in [3.8, 4) is 0 Å². The largest absolute Gasteiger partial charge is 0.310 e. The van der Waals surface area contributed by atoms with Gasteiger partial charge in [0.05, 0.1) is 0 Å². The topological polar surface area (TPSA) is 12.0 Å². The zero-order valence-corrected chi connectivity index (χ0v) is 8.43. The Morgan fingerprint density at radius 1 is 1.15 bits per heavy atom. The SMILES string of the molecule is Cc1cc(C)cc(CNC2CC2)c1. The molecule has 0 aliphatic heterocycles. The van der Waals surface area contributed by atoms with Crippen molar-refractivity contribution in [1.82, 2.24) is 5.32 Å². The molecule has 0 atom stereocenters. The van der Waals surface area contributed by atoms with Crippen LogP contribution < -0.4 is 5.32 Å². The second-order valence-corrected chi connectivity index (χ2v) is 4.15. The van der Waals surface area contributed by atoms with Gasteiger partial charge in [-0.15, -0.1) is 0 Å². The summed E-state index contributed by atoms with van der Waals surface area (Å²) in [5, 5.41) is 3.53. The summed E-state index contributed by atoms with van der Waals surface area (Å²) in [6.07, 6.45) is 2.73. The van der Waals surface area contributed by atoms with Crippen LogP contribution in [0.3, 0.4) is 0 Å². The van der Waals surface area contributed by atoms with E-state index in [0.29, 0.717) is 0 Å². The summed E-state index contributed by atoms with van der Waals surface area (Å²) in [6.45, 7) is 5.36. The molecule has 70 valence electrons. The molecular weight excluding hydrogens is 158 g/mol. The van der Waals surface area contributed by atoms with E-state index in [9.17, 15) is 0 Å². The van der Waals surface area contributed by atoms with Crippen LogP contribution in [-0.4, -0.2) is 6.04 Å². The van der Waals surface area contributed by atoms with Gasteiger partial charge in [0.15, 0.2) is 0 Å². The molecule has 0 spiro atoms. The normalized spacial score (nSPS) is 16.2. The minimum atomic E-state index is 0.806. The van der Waals surface area contributed by atoms with Crippen LogP contribution in [0.2, 0.25) is 0 Å². The minimum absolute atomic E-state index is 0.806. The van der Waals surface area contributed by atoms with E-state index in [4.69, 9.17) is 0 Å². The Bertz CT molecular complexity index is 280. The Kier molecular flexibility index (Phi) is 2.36. The van der Waals surface area contributed by atoms with Gasteiger partial charge in [-0.25, -0.2) is 0 Å². The predicted octanol–water partition coefficient (Wildman–Crippen LogP) is 2.56. The molecule has 1 N–H and O–H groups in total. The Labute approximate surface area is 80.2 Å². The molecule has 0 amide bonds. The van der Waals surface area contributed by atoms with Crippen molar-refractivity contribution in [3.63, 3.8) is 0 Å². The fourth-order valence-corrected chi connectivity index (χ4v) is 1.72. The lowest BCUT2D eigenvalue weighted by molar-refractivity contribution is 0.687. The third-order valence-corrected chi connectivity index (χ3v) is 2.45. The third-order valence-electron chi connectivity index (χ3n) is 2.45. The number of hydrogen-bond donors (Lipinski definition) is 1. The second kappa shape index (κ2) is 3.51. The van der Waals surface area contributed by atoms with Crippen molar-refractivity contribution in [2.45, 2.75) is 39.3 Å². The molecule has 1 nitrogen and oxygen atoms in total. The maximum Gasteiger partial charge on any atom is 0.0208 e. The lowest BCUT2D eigenvalue weighted by Crippen LogP contribution is -2.15. The van der Waals surface area contributed by atoms with Gasteiger partial charge in [-0.1, -0.05) is 29.3 Å². The minimum Gasteiger partial charge on any atom is -0.310 e. The molecule has 1 aromatic carbocycles. The van der Waals surface area contributed by atoms with Crippen LogP contribution in [0, 0.1) is 13.8 Å². The van der Waals surface area contributed by atoms with Crippen molar-refractivity contribution in [1.29, 1.82) is 0 Å². The molecule has 0 heterocycles. The first-order valence-electron chi connectivity index (χ1n) is 5.04. The molecular formula is C12H17N. The van der Waals surface area contributed by atoms with Crippen molar-refractivity contribution in [2.24, 2.45) is 0 Å². The average molecular weight is 175 g/mol. The van der Waals surface area contributed by atoms with Gasteiger partial charge in [-0.3, -0.25) is 0 Å². The molecule has 0 unspecified atom stereocenters. The summed E-state index contributed by atoms with van der Waals surface area (Å²) in [5.74, 6) is 0. The monoisotopic (exact) mass is 175 g/mol. The molecule has 0 saturated heterocycles. The van der Waals surface area contributed by atoms with E-state index in [1.54, 1.807) is 0 Å². The zero-order chi connectivity index (χ0) is 9.26. The molecule has 0 radical (unpaired) electrons. The highest BCUT2D eigenvalue weighted by atomic mass is 14.9. The highest BCUT2D eigenvalue weighted by Gasteiger charge is 2.19. The van der Waals surface area contributed by atoms with E-state index in [2.05, 4.69) is 37.4 Å². The van der Waals surface area contributed by atoms with Crippen LogP contribution in [0.15, 0.2) is 18.2 Å². The summed E-state index contributed by atoms with van der Waals surface area (Å²) in [6, 6.07) is 7.56. The Morgan fingerprint density at radius 3 is 2.31 bits per heavy atom. The first-order chi connectivity index (χ1) is 6.24. The molecule has 1 fully saturated rings. The van der Waals surface area contributed by atoms with E-state index in [1.807, 2.05) is 0 Å². The highest BCUT2D eigenvalue weighted by molar-refractivity contribution is 5.28. The van der Waals surface area contributed by atoms with Crippen molar-refractivity contribution in [2.75, 3.05) is 0 Å². The lowest BCUT2D eigenvalue weighted by Gasteiger charge is -2.05. The van der Waals surface area contributed by atoms with E-state index in [-0.39, 0.29) is 0 Å². The van der Waals surface area contributed by atoms with E-state index in [0.717, 1.165) is 12.6 Å². The summed E-state index contributed by atoms with van der Waals surface area (Å²) in [7, 11) is 0. The van der Waals surface area contributed by atoms with Gasteiger partial charge in [0, 0.05) is 12.6 Å². The molecule has 2 rings (SSSR count). The van der Waals surface area contributed by atoms with Crippen LogP contribution in [0.25, 0.3) is 0 Å². The van der Waals surface area contributed by atoms with Gasteiger partial charge in [0.25, 0.3) is 0 Å². The maximum atomic E-state index is 3.53. The van der Waals surface area contributed by atoms with E-state index < -0.39 is 0 Å². The van der Waals surface area contributed by atoms with Gasteiger partial charge >= 0.3 is 0 Å². The van der Waals surface area contributed by atoms with Crippen molar-refractivity contribution in [3.05, 3.63) is 34.9 Å². The predicted molar refractivity (Wildman–Crippen MR) is 55.8 cm³/mol. The summed E-state index contributed by atoms with van der Waals surface area (Å²) < 4.78 is 0. The zero-order valence-electron chi connectivity index (χ0n) is 8.43. The maximum absolute atomic E-state index is 3.53. The number of nitrogens with one attached hydrogen (secondary N) is 1. The van der Waals surface area contributed by atoms with Crippen LogP contribution in [0.1, 0.15) is 29.5 Å². The number of rotatable bonds is 3. The van der Waals surface area contributed by atoms with Crippen LogP contribution in [0.4, 0.5) is 0 Å². The summed E-state index contributed by atoms with van der Waals surface area (Å²) in [4.78, 5) is 0. The summed E-state index contributed by atoms with van der Waals surface area (Å²) in [5.41, 5.74) is 4.16. The molecule has 13 heavy (non-hydrogen) atoms. The van der Waals surface area contributed by atoms with Crippen molar-refractivity contribution < 1.29 is 0 Å². The van der Waals surface area contributed by atoms with Gasteiger partial charge in [-0.2, -0.15) is 0 Å². The van der Waals surface area contributed by atoms with Gasteiger partial charge in [0.1, 0.15) is 0 Å². The number of aryl methyl sites for hydroxylation is 2. The summed E-state index contributed by atoms with van der Waals surface area (Å²) >= 11 is 0. The van der Waals surface area contributed by atoms with Crippen LogP contribution in [-0.2, 0) is 6.54 Å². The number of hydrogen-bond acceptors (Lipinski definition) is 1. The van der Waals surface area contributed by atoms with Gasteiger partial charge in [0.2, 0.25) is 0 Å². The molecule has 0 aromatic heterocycles. The Balaban J connectivity index is 2.01. The van der Waals surface area contributed by atoms with Crippen LogP contribution in [0.5, 0.6) is 0 Å². The first-order valence-corrected chi connectivity index (χ1v) is 5.04. The fourth-order valence-electron chi connectivity index (χ4n) is 1.72. The van der Waals surface area contributed by atoms with Crippen molar-refractivity contribution >= 4 is 0 Å².